The van der Waals surface area contributed by atoms with Crippen LogP contribution < -0.4 is 5.32 Å². The summed E-state index contributed by atoms with van der Waals surface area (Å²) in [7, 11) is 0. The van der Waals surface area contributed by atoms with Crippen LogP contribution in [0.1, 0.15) is 53.3 Å². The van der Waals surface area contributed by atoms with Crippen LogP contribution in [0.3, 0.4) is 0 Å². The Balaban J connectivity index is 2.28. The Hall–Kier alpha value is -2.20. The van der Waals surface area contributed by atoms with E-state index >= 15 is 0 Å². The molecule has 0 aliphatic rings. The summed E-state index contributed by atoms with van der Waals surface area (Å²) in [6.45, 7) is 9.12. The molecule has 0 saturated carbocycles. The van der Waals surface area contributed by atoms with Crippen LogP contribution in [0.2, 0.25) is 0 Å². The molecule has 29 heavy (non-hydrogen) atoms. The van der Waals surface area contributed by atoms with E-state index in [9.17, 15) is 14.4 Å². The zero-order valence-electron chi connectivity index (χ0n) is 16.9. The predicted octanol–water partition coefficient (Wildman–Crippen LogP) is 4.03. The quantitative estimate of drug-likeness (QED) is 0.566. The molecule has 0 aromatic carbocycles. The van der Waals surface area contributed by atoms with Crippen LogP contribution in [-0.2, 0) is 20.8 Å². The third-order valence-electron chi connectivity index (χ3n) is 3.90. The van der Waals surface area contributed by atoms with Crippen molar-refractivity contribution in [2.75, 3.05) is 11.9 Å². The standard InChI is InChI=1S/C19H24BrN3O5S/c1-6-27-19(26)15-12(5)14(18(25)28-10(2)3)17(29-15)22-16(24)11(4)8-23-9-13(20)7-21-23/h7,9-11H,6,8H2,1-5H3,(H,22,24). The van der Waals surface area contributed by atoms with Gasteiger partial charge in [0.25, 0.3) is 0 Å². The average Bonchev–Trinajstić information content (AvgIpc) is 3.17. The Bertz CT molecular complexity index is 906. The number of halogens is 1. The molecular formula is C19H24BrN3O5S. The molecule has 0 spiro atoms. The van der Waals surface area contributed by atoms with Crippen LogP contribution in [0.25, 0.3) is 0 Å². The van der Waals surface area contributed by atoms with Gasteiger partial charge < -0.3 is 14.8 Å². The van der Waals surface area contributed by atoms with Crippen LogP contribution in [0, 0.1) is 12.8 Å². The molecule has 0 fully saturated rings. The lowest BCUT2D eigenvalue weighted by atomic mass is 10.1. The number of amides is 1. The van der Waals surface area contributed by atoms with Gasteiger partial charge in [0, 0.05) is 6.20 Å². The molecule has 0 bridgehead atoms. The SMILES string of the molecule is CCOC(=O)c1sc(NC(=O)C(C)Cn2cc(Br)cn2)c(C(=O)OC(C)C)c1C. The van der Waals surface area contributed by atoms with Crippen molar-refractivity contribution in [3.8, 4) is 0 Å². The smallest absolute Gasteiger partial charge is 0.348 e. The number of rotatable bonds is 8. The Morgan fingerprint density at radius 2 is 1.97 bits per heavy atom. The van der Waals surface area contributed by atoms with E-state index in [4.69, 9.17) is 9.47 Å². The summed E-state index contributed by atoms with van der Waals surface area (Å²) < 4.78 is 12.8. The third-order valence-corrected chi connectivity index (χ3v) is 5.50. The molecule has 1 atom stereocenters. The zero-order valence-corrected chi connectivity index (χ0v) is 19.3. The number of thiophene rings is 1. The minimum atomic E-state index is -0.594. The van der Waals surface area contributed by atoms with Gasteiger partial charge in [0.2, 0.25) is 5.91 Å². The second-order valence-corrected chi connectivity index (χ2v) is 8.64. The number of carbonyl (C=O) groups excluding carboxylic acids is 3. The molecule has 2 rings (SSSR count). The first-order chi connectivity index (χ1) is 13.6. The predicted molar refractivity (Wildman–Crippen MR) is 113 cm³/mol. The fourth-order valence-electron chi connectivity index (χ4n) is 2.55. The first-order valence-corrected chi connectivity index (χ1v) is 10.7. The molecule has 1 unspecified atom stereocenters. The Labute approximate surface area is 181 Å². The van der Waals surface area contributed by atoms with Crippen molar-refractivity contribution < 1.29 is 23.9 Å². The van der Waals surface area contributed by atoms with Crippen LogP contribution in [-0.4, -0.2) is 40.3 Å². The normalized spacial score (nSPS) is 12.0. The monoisotopic (exact) mass is 485 g/mol. The van der Waals surface area contributed by atoms with Crippen LogP contribution in [0.15, 0.2) is 16.9 Å². The lowest BCUT2D eigenvalue weighted by Gasteiger charge is -2.13. The Kier molecular flexibility index (Phi) is 7.97. The highest BCUT2D eigenvalue weighted by molar-refractivity contribution is 9.10. The van der Waals surface area contributed by atoms with Crippen LogP contribution >= 0.6 is 27.3 Å². The fraction of sp³-hybridized carbons (Fsp3) is 0.474. The van der Waals surface area contributed by atoms with E-state index in [0.29, 0.717) is 12.1 Å². The van der Waals surface area contributed by atoms with Crippen molar-refractivity contribution in [3.05, 3.63) is 32.9 Å². The van der Waals surface area contributed by atoms with Gasteiger partial charge >= 0.3 is 11.9 Å². The van der Waals surface area contributed by atoms with Crippen molar-refractivity contribution >= 4 is 50.1 Å². The summed E-state index contributed by atoms with van der Waals surface area (Å²) in [5, 5.41) is 7.18. The molecule has 0 saturated heterocycles. The van der Waals surface area contributed by atoms with E-state index in [1.807, 2.05) is 0 Å². The van der Waals surface area contributed by atoms with Gasteiger partial charge in [-0.3, -0.25) is 9.48 Å². The van der Waals surface area contributed by atoms with Gasteiger partial charge in [-0.05, 0) is 49.2 Å². The van der Waals surface area contributed by atoms with Gasteiger partial charge in [-0.25, -0.2) is 9.59 Å². The summed E-state index contributed by atoms with van der Waals surface area (Å²) >= 11 is 4.33. The first-order valence-electron chi connectivity index (χ1n) is 9.14. The molecule has 2 heterocycles. The van der Waals surface area contributed by atoms with E-state index in [-0.39, 0.29) is 34.1 Å². The van der Waals surface area contributed by atoms with Crippen molar-refractivity contribution in [2.24, 2.45) is 5.92 Å². The number of esters is 2. The van der Waals surface area contributed by atoms with Gasteiger partial charge in [-0.15, -0.1) is 11.3 Å². The molecule has 0 aliphatic carbocycles. The van der Waals surface area contributed by atoms with Crippen molar-refractivity contribution in [3.63, 3.8) is 0 Å². The molecule has 10 heteroatoms. The van der Waals surface area contributed by atoms with Crippen molar-refractivity contribution in [2.45, 2.75) is 47.3 Å². The molecule has 2 aromatic heterocycles. The largest absolute Gasteiger partial charge is 0.462 e. The second kappa shape index (κ2) is 10.0. The fourth-order valence-corrected chi connectivity index (χ4v) is 3.97. The lowest BCUT2D eigenvalue weighted by Crippen LogP contribution is -2.25. The molecule has 1 amide bonds. The number of ether oxygens (including phenoxy) is 2. The van der Waals surface area contributed by atoms with E-state index < -0.39 is 17.9 Å². The average molecular weight is 486 g/mol. The molecule has 158 valence electrons. The highest BCUT2D eigenvalue weighted by Crippen LogP contribution is 2.35. The number of nitrogens with zero attached hydrogens (tertiary/aromatic N) is 2. The molecule has 0 radical (unpaired) electrons. The van der Waals surface area contributed by atoms with Crippen LogP contribution in [0.4, 0.5) is 5.00 Å². The summed E-state index contributed by atoms with van der Waals surface area (Å²) in [4.78, 5) is 37.8. The van der Waals surface area contributed by atoms with E-state index in [1.165, 1.54) is 0 Å². The minimum absolute atomic E-state index is 0.175. The zero-order chi connectivity index (χ0) is 21.7. The highest BCUT2D eigenvalue weighted by Gasteiger charge is 2.28. The Morgan fingerprint density at radius 1 is 1.28 bits per heavy atom. The van der Waals surface area contributed by atoms with Gasteiger partial charge in [-0.2, -0.15) is 5.10 Å². The van der Waals surface area contributed by atoms with Crippen molar-refractivity contribution in [1.82, 2.24) is 9.78 Å². The number of aromatic nitrogens is 2. The molecule has 0 aliphatic heterocycles. The number of anilines is 1. The first kappa shape index (κ1) is 23.1. The molecular weight excluding hydrogens is 462 g/mol. The molecule has 1 N–H and O–H groups in total. The summed E-state index contributed by atoms with van der Waals surface area (Å²) in [5.41, 5.74) is 0.604. The molecule has 8 nitrogen and oxygen atoms in total. The maximum Gasteiger partial charge on any atom is 0.348 e. The van der Waals surface area contributed by atoms with E-state index in [2.05, 4.69) is 26.3 Å². The van der Waals surface area contributed by atoms with E-state index in [1.54, 1.807) is 51.7 Å². The van der Waals surface area contributed by atoms with E-state index in [0.717, 1.165) is 15.8 Å². The number of hydrogen-bond donors (Lipinski definition) is 1. The maximum absolute atomic E-state index is 12.7. The van der Waals surface area contributed by atoms with Crippen molar-refractivity contribution in [1.29, 1.82) is 0 Å². The Morgan fingerprint density at radius 3 is 2.52 bits per heavy atom. The van der Waals surface area contributed by atoms with Gasteiger partial charge in [0.05, 0.1) is 41.4 Å². The summed E-state index contributed by atoms with van der Waals surface area (Å²) in [6, 6.07) is 0. The topological polar surface area (TPSA) is 99.5 Å². The number of hydrogen-bond acceptors (Lipinski definition) is 7. The van der Waals surface area contributed by atoms with Gasteiger partial charge in [-0.1, -0.05) is 6.92 Å². The van der Waals surface area contributed by atoms with Gasteiger partial charge in [0.1, 0.15) is 9.88 Å². The number of nitrogens with one attached hydrogen (secondary N) is 1. The van der Waals surface area contributed by atoms with Gasteiger partial charge in [0.15, 0.2) is 0 Å². The third kappa shape index (κ3) is 5.89. The summed E-state index contributed by atoms with van der Waals surface area (Å²) in [5.74, 6) is -1.86. The second-order valence-electron chi connectivity index (χ2n) is 6.71. The lowest BCUT2D eigenvalue weighted by molar-refractivity contribution is -0.119. The summed E-state index contributed by atoms with van der Waals surface area (Å²) in [6.07, 6.45) is 3.07. The highest BCUT2D eigenvalue weighted by atomic mass is 79.9. The van der Waals surface area contributed by atoms with Crippen LogP contribution in [0.5, 0.6) is 0 Å². The molecule has 2 aromatic rings. The maximum atomic E-state index is 12.7. The number of carbonyl (C=O) groups is 3. The minimum Gasteiger partial charge on any atom is -0.462 e.